The Kier molecular flexibility index (Phi) is 10.9. The van der Waals surface area contributed by atoms with Crippen LogP contribution in [0.1, 0.15) is 33.6 Å². The number of nitrogens with one attached hydrogen (secondary N) is 1. The monoisotopic (exact) mass is 425 g/mol. The molecule has 10 atom stereocenters. The Morgan fingerprint density at radius 1 is 1.10 bits per heavy atom. The summed E-state index contributed by atoms with van der Waals surface area (Å²) in [5, 5.41) is 71.4. The molecule has 1 aliphatic heterocycles. The van der Waals surface area contributed by atoms with E-state index in [1.165, 1.54) is 6.92 Å². The van der Waals surface area contributed by atoms with E-state index in [9.17, 15) is 40.5 Å². The molecule has 0 saturated carbocycles. The number of aliphatic hydroxyl groups excluding tert-OH is 7. The number of ether oxygens (including phenoxy) is 2. The van der Waals surface area contributed by atoms with Crippen molar-refractivity contribution in [3.8, 4) is 0 Å². The van der Waals surface area contributed by atoms with Crippen molar-refractivity contribution in [3.63, 3.8) is 0 Å². The average molecular weight is 425 g/mol. The second-order valence-electron chi connectivity index (χ2n) is 7.63. The summed E-state index contributed by atoms with van der Waals surface area (Å²) in [4.78, 5) is 11.9. The van der Waals surface area contributed by atoms with Crippen molar-refractivity contribution >= 4 is 5.91 Å². The number of rotatable bonds is 11. The number of hydrogen-bond acceptors (Lipinski definition) is 10. The van der Waals surface area contributed by atoms with Gasteiger partial charge in [-0.25, -0.2) is 0 Å². The minimum absolute atomic E-state index is 0.110. The quantitative estimate of drug-likeness (QED) is 0.168. The number of amides is 1. The normalized spacial score (nSPS) is 32.8. The maximum absolute atomic E-state index is 11.9. The highest BCUT2D eigenvalue weighted by Gasteiger charge is 2.44. The van der Waals surface area contributed by atoms with Crippen LogP contribution in [0.25, 0.3) is 0 Å². The van der Waals surface area contributed by atoms with Crippen molar-refractivity contribution in [2.24, 2.45) is 5.92 Å². The zero-order valence-corrected chi connectivity index (χ0v) is 17.0. The summed E-state index contributed by atoms with van der Waals surface area (Å²) < 4.78 is 10.6. The Balaban J connectivity index is 2.84. The van der Waals surface area contributed by atoms with Gasteiger partial charge in [0.1, 0.15) is 36.6 Å². The fraction of sp³-hybridized carbons (Fsp3) is 0.944. The number of carbonyl (C=O) groups excluding carboxylic acids is 1. The third-order valence-corrected chi connectivity index (χ3v) is 5.14. The zero-order valence-electron chi connectivity index (χ0n) is 17.0. The number of aliphatic hydroxyl groups is 7. The van der Waals surface area contributed by atoms with Crippen LogP contribution in [0.4, 0.5) is 0 Å². The lowest BCUT2D eigenvalue weighted by atomic mass is 9.94. The molecule has 0 radical (unpaired) electrons. The molecule has 172 valence electrons. The molecule has 11 heteroatoms. The SMILES string of the molecule is CCC(C)C[C@@H](O)[C@@H](O)[C@H](CO[C@H]1OC(CO)[C@H](O)[C@@H](O)C1O)NC(=O)[C@@H](C)O. The molecule has 0 aromatic rings. The highest BCUT2D eigenvalue weighted by Crippen LogP contribution is 2.22. The lowest BCUT2D eigenvalue weighted by Gasteiger charge is -2.40. The first-order valence-corrected chi connectivity index (χ1v) is 9.80. The smallest absolute Gasteiger partial charge is 0.248 e. The van der Waals surface area contributed by atoms with Crippen LogP contribution < -0.4 is 5.32 Å². The van der Waals surface area contributed by atoms with Gasteiger partial charge in [0.15, 0.2) is 6.29 Å². The lowest BCUT2D eigenvalue weighted by Crippen LogP contribution is -2.60. The topological polar surface area (TPSA) is 189 Å². The summed E-state index contributed by atoms with van der Waals surface area (Å²) in [6, 6.07) is -1.16. The van der Waals surface area contributed by atoms with Gasteiger partial charge >= 0.3 is 0 Å². The molecule has 0 aromatic heterocycles. The van der Waals surface area contributed by atoms with Crippen molar-refractivity contribution < 1.29 is 50.0 Å². The zero-order chi connectivity index (χ0) is 22.3. The molecule has 8 N–H and O–H groups in total. The van der Waals surface area contributed by atoms with Gasteiger partial charge in [0.25, 0.3) is 0 Å². The minimum atomic E-state index is -1.65. The van der Waals surface area contributed by atoms with Crippen LogP contribution in [0, 0.1) is 5.92 Å². The molecule has 1 rings (SSSR count). The summed E-state index contributed by atoms with van der Waals surface area (Å²) >= 11 is 0. The summed E-state index contributed by atoms with van der Waals surface area (Å²) in [5.74, 6) is -0.693. The number of carbonyl (C=O) groups is 1. The van der Waals surface area contributed by atoms with Crippen LogP contribution in [-0.2, 0) is 14.3 Å². The van der Waals surface area contributed by atoms with Crippen LogP contribution in [-0.4, -0.2) is 110 Å². The standard InChI is InChI=1S/C18H35NO10/c1-4-8(2)5-11(22)13(23)10(19-17(27)9(3)21)7-28-18-16(26)15(25)14(24)12(6-20)29-18/h8-16,18,20-26H,4-7H2,1-3H3,(H,19,27)/t8?,9-,10+,11-,12?,13+,14+,15-,16?,18+/m1/s1. The van der Waals surface area contributed by atoms with E-state index in [1.807, 2.05) is 13.8 Å². The molecule has 1 heterocycles. The van der Waals surface area contributed by atoms with Gasteiger partial charge in [-0.05, 0) is 19.3 Å². The molecule has 1 fully saturated rings. The third kappa shape index (κ3) is 7.39. The second-order valence-corrected chi connectivity index (χ2v) is 7.63. The van der Waals surface area contributed by atoms with Gasteiger partial charge in [-0.15, -0.1) is 0 Å². The second kappa shape index (κ2) is 12.1. The predicted molar refractivity (Wildman–Crippen MR) is 99.4 cm³/mol. The van der Waals surface area contributed by atoms with Gasteiger partial charge < -0.3 is 50.5 Å². The molecule has 1 aliphatic rings. The molecular formula is C18H35NO10. The van der Waals surface area contributed by atoms with E-state index < -0.39 is 74.2 Å². The van der Waals surface area contributed by atoms with Gasteiger partial charge in [-0.2, -0.15) is 0 Å². The highest BCUT2D eigenvalue weighted by molar-refractivity contribution is 5.80. The van der Waals surface area contributed by atoms with Crippen LogP contribution >= 0.6 is 0 Å². The molecular weight excluding hydrogens is 390 g/mol. The lowest BCUT2D eigenvalue weighted by molar-refractivity contribution is -0.303. The highest BCUT2D eigenvalue weighted by atomic mass is 16.7. The van der Waals surface area contributed by atoms with Crippen molar-refractivity contribution in [2.45, 2.75) is 88.7 Å². The maximum atomic E-state index is 11.9. The molecule has 0 aromatic carbocycles. The van der Waals surface area contributed by atoms with Crippen molar-refractivity contribution in [2.75, 3.05) is 13.2 Å². The third-order valence-electron chi connectivity index (χ3n) is 5.14. The molecule has 0 spiro atoms. The fourth-order valence-electron chi connectivity index (χ4n) is 2.92. The van der Waals surface area contributed by atoms with E-state index >= 15 is 0 Å². The van der Waals surface area contributed by atoms with Gasteiger partial charge in [-0.3, -0.25) is 4.79 Å². The molecule has 1 amide bonds. The minimum Gasteiger partial charge on any atom is -0.394 e. The summed E-state index contributed by atoms with van der Waals surface area (Å²) in [7, 11) is 0. The van der Waals surface area contributed by atoms with Crippen LogP contribution in [0.5, 0.6) is 0 Å². The van der Waals surface area contributed by atoms with Crippen molar-refractivity contribution in [3.05, 3.63) is 0 Å². The Morgan fingerprint density at radius 3 is 2.24 bits per heavy atom. The fourth-order valence-corrected chi connectivity index (χ4v) is 2.92. The van der Waals surface area contributed by atoms with Gasteiger partial charge in [-0.1, -0.05) is 20.3 Å². The van der Waals surface area contributed by atoms with Crippen molar-refractivity contribution in [1.29, 1.82) is 0 Å². The van der Waals surface area contributed by atoms with Crippen LogP contribution in [0.2, 0.25) is 0 Å². The van der Waals surface area contributed by atoms with Crippen LogP contribution in [0.15, 0.2) is 0 Å². The summed E-state index contributed by atoms with van der Waals surface area (Å²) in [5.41, 5.74) is 0. The predicted octanol–water partition coefficient (Wildman–Crippen LogP) is -3.17. The van der Waals surface area contributed by atoms with E-state index in [4.69, 9.17) is 9.47 Å². The van der Waals surface area contributed by atoms with E-state index in [0.717, 1.165) is 6.42 Å². The van der Waals surface area contributed by atoms with Crippen molar-refractivity contribution in [1.82, 2.24) is 5.32 Å². The van der Waals surface area contributed by atoms with Crippen LogP contribution in [0.3, 0.4) is 0 Å². The number of hydrogen-bond donors (Lipinski definition) is 8. The Bertz CT molecular complexity index is 491. The summed E-state index contributed by atoms with van der Waals surface area (Å²) in [6.45, 7) is 3.97. The van der Waals surface area contributed by atoms with Gasteiger partial charge in [0, 0.05) is 0 Å². The van der Waals surface area contributed by atoms with Gasteiger partial charge in [0.2, 0.25) is 5.91 Å². The summed E-state index contributed by atoms with van der Waals surface area (Å²) in [6.07, 6.45) is -10.5. The molecule has 29 heavy (non-hydrogen) atoms. The van der Waals surface area contributed by atoms with E-state index in [-0.39, 0.29) is 12.3 Å². The van der Waals surface area contributed by atoms with E-state index in [0.29, 0.717) is 0 Å². The molecule has 0 aliphatic carbocycles. The van der Waals surface area contributed by atoms with E-state index in [1.54, 1.807) is 0 Å². The maximum Gasteiger partial charge on any atom is 0.248 e. The molecule has 3 unspecified atom stereocenters. The molecule has 0 bridgehead atoms. The first kappa shape index (κ1) is 26.1. The first-order chi connectivity index (χ1) is 13.5. The first-order valence-electron chi connectivity index (χ1n) is 9.80. The largest absolute Gasteiger partial charge is 0.394 e. The Labute approximate surface area is 169 Å². The molecule has 11 nitrogen and oxygen atoms in total. The molecule has 1 saturated heterocycles. The van der Waals surface area contributed by atoms with E-state index in [2.05, 4.69) is 5.32 Å². The Morgan fingerprint density at radius 2 is 1.72 bits per heavy atom. The Hall–Kier alpha value is -0.890. The average Bonchev–Trinajstić information content (AvgIpc) is 2.69. The van der Waals surface area contributed by atoms with Gasteiger partial charge in [0.05, 0.1) is 25.4 Å².